The highest BCUT2D eigenvalue weighted by molar-refractivity contribution is 6.45. The van der Waals surface area contributed by atoms with E-state index < -0.39 is 34.2 Å². The quantitative estimate of drug-likeness (QED) is 0.313. The fourth-order valence-corrected chi connectivity index (χ4v) is 2.90. The number of halogens is 6. The predicted molar refractivity (Wildman–Crippen MR) is 106 cm³/mol. The number of oxime groups is 1. The number of alkyl halides is 4. The smallest absolute Gasteiger partial charge is 0.461 e. The van der Waals surface area contributed by atoms with Crippen molar-refractivity contribution in [3.05, 3.63) is 57.6 Å². The monoisotopic (exact) mass is 482 g/mol. The second-order valence-electron chi connectivity index (χ2n) is 5.83. The van der Waals surface area contributed by atoms with E-state index in [0.29, 0.717) is 11.1 Å². The molecule has 2 rings (SSSR count). The van der Waals surface area contributed by atoms with Crippen LogP contribution in [-0.4, -0.2) is 38.3 Å². The number of ether oxygens (including phenoxy) is 2. The molecule has 0 fully saturated rings. The average molecular weight is 483 g/mol. The fraction of sp³-hybridized carbons (Fsp3) is 0.263. The van der Waals surface area contributed by atoms with Crippen molar-refractivity contribution in [2.45, 2.75) is 19.1 Å². The maximum Gasteiger partial charge on any atom is 0.461 e. The Bertz CT molecular complexity index is 951. The van der Waals surface area contributed by atoms with Crippen molar-refractivity contribution in [2.75, 3.05) is 14.2 Å². The first-order chi connectivity index (χ1) is 14.6. The van der Waals surface area contributed by atoms with Crippen LogP contribution in [0.15, 0.2) is 41.6 Å². The molecule has 2 aromatic carbocycles. The molecule has 0 aliphatic carbocycles. The van der Waals surface area contributed by atoms with Gasteiger partial charge in [0.05, 0.1) is 10.0 Å². The van der Waals surface area contributed by atoms with E-state index in [1.807, 2.05) is 0 Å². The van der Waals surface area contributed by atoms with Crippen molar-refractivity contribution in [1.29, 1.82) is 0 Å². The number of benzene rings is 2. The minimum atomic E-state index is -4.77. The van der Waals surface area contributed by atoms with Gasteiger partial charge < -0.3 is 19.6 Å². The van der Waals surface area contributed by atoms with Crippen LogP contribution in [0.25, 0.3) is 0 Å². The molecule has 168 valence electrons. The van der Waals surface area contributed by atoms with E-state index in [1.54, 1.807) is 24.3 Å². The molecule has 0 aliphatic heterocycles. The third-order valence-corrected chi connectivity index (χ3v) is 4.32. The van der Waals surface area contributed by atoms with Crippen molar-refractivity contribution < 1.29 is 36.7 Å². The zero-order chi connectivity index (χ0) is 23.2. The Morgan fingerprint density at radius 2 is 1.81 bits per heavy atom. The van der Waals surface area contributed by atoms with Crippen molar-refractivity contribution in [3.63, 3.8) is 0 Å². The SMILES string of the molecule is CNC(=O)/C(=N/OC)c1ccccc1COc1cc(Cl)c(OC(F)(F)C(F)F)c(Cl)c1. The number of rotatable bonds is 9. The molecule has 0 unspecified atom stereocenters. The predicted octanol–water partition coefficient (Wildman–Crippen LogP) is 4.91. The molecule has 1 amide bonds. The fourth-order valence-electron chi connectivity index (χ4n) is 2.36. The number of hydrogen-bond acceptors (Lipinski definition) is 5. The maximum atomic E-state index is 13.2. The van der Waals surface area contributed by atoms with Crippen LogP contribution in [0.5, 0.6) is 11.5 Å². The van der Waals surface area contributed by atoms with E-state index >= 15 is 0 Å². The van der Waals surface area contributed by atoms with Gasteiger partial charge in [0.15, 0.2) is 11.5 Å². The van der Waals surface area contributed by atoms with E-state index in [1.165, 1.54) is 14.2 Å². The highest BCUT2D eigenvalue weighted by Gasteiger charge is 2.45. The first kappa shape index (κ1) is 24.5. The van der Waals surface area contributed by atoms with Crippen LogP contribution < -0.4 is 14.8 Å². The summed E-state index contributed by atoms with van der Waals surface area (Å²) >= 11 is 11.7. The highest BCUT2D eigenvalue weighted by atomic mass is 35.5. The normalized spacial score (nSPS) is 12.0. The number of likely N-dealkylation sites (N-methyl/N-ethyl adjacent to an activating group) is 1. The van der Waals surface area contributed by atoms with Crippen LogP contribution in [0.1, 0.15) is 11.1 Å². The van der Waals surface area contributed by atoms with Crippen molar-refractivity contribution in [1.82, 2.24) is 5.32 Å². The van der Waals surface area contributed by atoms with Crippen LogP contribution in [0.3, 0.4) is 0 Å². The van der Waals surface area contributed by atoms with Gasteiger partial charge in [0.2, 0.25) is 0 Å². The minimum Gasteiger partial charge on any atom is -0.489 e. The van der Waals surface area contributed by atoms with Gasteiger partial charge in [-0.1, -0.05) is 52.6 Å². The number of carbonyl (C=O) groups excluding carboxylic acids is 1. The summed E-state index contributed by atoms with van der Waals surface area (Å²) in [7, 11) is 2.71. The van der Waals surface area contributed by atoms with E-state index in [2.05, 4.69) is 15.2 Å². The van der Waals surface area contributed by atoms with Crippen LogP contribution >= 0.6 is 23.2 Å². The van der Waals surface area contributed by atoms with E-state index in [-0.39, 0.29) is 18.1 Å². The highest BCUT2D eigenvalue weighted by Crippen LogP contribution is 2.40. The lowest BCUT2D eigenvalue weighted by atomic mass is 10.0. The summed E-state index contributed by atoms with van der Waals surface area (Å²) in [6.07, 6.45) is -8.85. The Morgan fingerprint density at radius 3 is 2.35 bits per heavy atom. The van der Waals surface area contributed by atoms with Crippen LogP contribution in [-0.2, 0) is 16.2 Å². The number of amides is 1. The van der Waals surface area contributed by atoms with E-state index in [0.717, 1.165) is 12.1 Å². The zero-order valence-electron chi connectivity index (χ0n) is 16.1. The Labute approximate surface area is 184 Å². The molecule has 31 heavy (non-hydrogen) atoms. The van der Waals surface area contributed by atoms with Crippen LogP contribution in [0.4, 0.5) is 17.6 Å². The molecular weight excluding hydrogens is 467 g/mol. The molecule has 0 bridgehead atoms. The summed E-state index contributed by atoms with van der Waals surface area (Å²) < 4.78 is 60.6. The molecule has 0 radical (unpaired) electrons. The van der Waals surface area contributed by atoms with Crippen molar-refractivity contribution >= 4 is 34.8 Å². The standard InChI is InChI=1S/C19H16Cl2F4N2O4/c1-26-17(28)15(27-29-2)12-6-4-3-5-10(12)9-30-11-7-13(20)16(14(21)8-11)31-19(24,25)18(22)23/h3-8,18H,9H2,1-2H3,(H,26,28)/b27-15+. The number of nitrogens with zero attached hydrogens (tertiary/aromatic N) is 1. The summed E-state index contributed by atoms with van der Waals surface area (Å²) in [6, 6.07) is 8.81. The number of hydrogen-bond donors (Lipinski definition) is 1. The van der Waals surface area contributed by atoms with Crippen LogP contribution in [0.2, 0.25) is 10.0 Å². The molecule has 0 aromatic heterocycles. The molecule has 0 saturated heterocycles. The Balaban J connectivity index is 2.27. The molecular formula is C19H16Cl2F4N2O4. The molecule has 12 heteroatoms. The summed E-state index contributed by atoms with van der Waals surface area (Å²) in [5.74, 6) is -1.26. The molecule has 0 spiro atoms. The van der Waals surface area contributed by atoms with Crippen LogP contribution in [0, 0.1) is 0 Å². The second kappa shape index (κ2) is 10.5. The van der Waals surface area contributed by atoms with Gasteiger partial charge >= 0.3 is 12.5 Å². The minimum absolute atomic E-state index is 0.00163. The summed E-state index contributed by atoms with van der Waals surface area (Å²) in [4.78, 5) is 16.8. The zero-order valence-corrected chi connectivity index (χ0v) is 17.6. The molecule has 2 aromatic rings. The van der Waals surface area contributed by atoms with Gasteiger partial charge in [-0.05, 0) is 5.56 Å². The Kier molecular flexibility index (Phi) is 8.35. The lowest BCUT2D eigenvalue weighted by Gasteiger charge is -2.19. The lowest BCUT2D eigenvalue weighted by molar-refractivity contribution is -0.253. The topological polar surface area (TPSA) is 69.2 Å². The Morgan fingerprint density at radius 1 is 1.19 bits per heavy atom. The van der Waals surface area contributed by atoms with Gasteiger partial charge in [-0.25, -0.2) is 0 Å². The summed E-state index contributed by atoms with van der Waals surface area (Å²) in [6.45, 7) is -0.101. The summed E-state index contributed by atoms with van der Waals surface area (Å²) in [5, 5.41) is 5.26. The molecule has 0 heterocycles. The van der Waals surface area contributed by atoms with E-state index in [4.69, 9.17) is 32.8 Å². The molecule has 0 saturated carbocycles. The molecule has 1 N–H and O–H groups in total. The van der Waals surface area contributed by atoms with Gasteiger partial charge in [0.25, 0.3) is 5.91 Å². The lowest BCUT2D eigenvalue weighted by Crippen LogP contribution is -2.33. The molecule has 6 nitrogen and oxygen atoms in total. The van der Waals surface area contributed by atoms with E-state index in [9.17, 15) is 22.4 Å². The third kappa shape index (κ3) is 6.14. The van der Waals surface area contributed by atoms with Crippen molar-refractivity contribution in [2.24, 2.45) is 5.16 Å². The number of carbonyl (C=O) groups is 1. The largest absolute Gasteiger partial charge is 0.489 e. The Hall–Kier alpha value is -2.72. The maximum absolute atomic E-state index is 13.2. The van der Waals surface area contributed by atoms with Gasteiger partial charge in [-0.15, -0.1) is 0 Å². The van der Waals surface area contributed by atoms with Gasteiger partial charge in [-0.3, -0.25) is 4.79 Å². The first-order valence-corrected chi connectivity index (χ1v) is 9.24. The first-order valence-electron chi connectivity index (χ1n) is 8.49. The van der Waals surface area contributed by atoms with Gasteiger partial charge in [0, 0.05) is 24.7 Å². The van der Waals surface area contributed by atoms with Gasteiger partial charge in [0.1, 0.15) is 19.5 Å². The van der Waals surface area contributed by atoms with Gasteiger partial charge in [-0.2, -0.15) is 17.6 Å². The third-order valence-electron chi connectivity index (χ3n) is 3.76. The second-order valence-corrected chi connectivity index (χ2v) is 6.64. The molecule has 0 atom stereocenters. The van der Waals surface area contributed by atoms with Crippen molar-refractivity contribution in [3.8, 4) is 11.5 Å². The average Bonchev–Trinajstić information content (AvgIpc) is 2.72. The molecule has 0 aliphatic rings. The number of nitrogens with one attached hydrogen (secondary N) is 1. The summed E-state index contributed by atoms with van der Waals surface area (Å²) in [5.41, 5.74) is 0.939.